The summed E-state index contributed by atoms with van der Waals surface area (Å²) in [5.41, 5.74) is -0.269. The summed E-state index contributed by atoms with van der Waals surface area (Å²) in [7, 11) is 0. The number of anilines is 1. The van der Waals surface area contributed by atoms with Gasteiger partial charge in [-0.15, -0.1) is 0 Å². The Hall–Kier alpha value is -5.72. The molecule has 0 unspecified atom stereocenters. The molecule has 14 heteroatoms. The van der Waals surface area contributed by atoms with Gasteiger partial charge in [-0.1, -0.05) is 59.6 Å². The highest BCUT2D eigenvalue weighted by molar-refractivity contribution is 6.31. The first-order chi connectivity index (χ1) is 25.0. The molecule has 0 atom stereocenters. The van der Waals surface area contributed by atoms with Crippen LogP contribution < -0.4 is 15.5 Å². The van der Waals surface area contributed by atoms with E-state index in [4.69, 9.17) is 42.1 Å². The van der Waals surface area contributed by atoms with Crippen LogP contribution in [0.4, 0.5) is 14.5 Å². The number of hydrogen-bond acceptors (Lipinski definition) is 9. The summed E-state index contributed by atoms with van der Waals surface area (Å²) < 4.78 is 46.2. The maximum atomic E-state index is 13.3. The van der Waals surface area contributed by atoms with Crippen LogP contribution in [0.25, 0.3) is 10.9 Å². The van der Waals surface area contributed by atoms with E-state index in [1.165, 1.54) is 24.4 Å². The molecule has 0 aliphatic carbocycles. The van der Waals surface area contributed by atoms with E-state index in [2.05, 4.69) is 10.3 Å². The van der Waals surface area contributed by atoms with E-state index >= 15 is 0 Å². The fourth-order valence-corrected chi connectivity index (χ4v) is 4.39. The molecule has 5 rings (SSSR count). The van der Waals surface area contributed by atoms with Crippen molar-refractivity contribution in [2.45, 2.75) is 20.8 Å². The van der Waals surface area contributed by atoms with Gasteiger partial charge in [-0.05, 0) is 75.4 Å². The molecule has 272 valence electrons. The number of carbonyl (C=O) groups excluding carboxylic acids is 3. The fourth-order valence-electron chi connectivity index (χ4n) is 4.05. The number of H-pyrrole nitrogens is 1. The molecular formula is C38H34Cl2F2N2O8. The molecular weight excluding hydrogens is 721 g/mol. The molecule has 0 saturated carbocycles. The van der Waals surface area contributed by atoms with Gasteiger partial charge in [0.15, 0.2) is 5.57 Å². The Bertz CT molecular complexity index is 2000. The molecule has 0 amide bonds. The number of halogens is 4. The third-order valence-electron chi connectivity index (χ3n) is 6.43. The van der Waals surface area contributed by atoms with Crippen LogP contribution in [0.2, 0.25) is 10.0 Å². The molecule has 4 aromatic carbocycles. The largest absolute Gasteiger partial charge is 0.462 e. The minimum atomic E-state index is -0.809. The summed E-state index contributed by atoms with van der Waals surface area (Å²) in [6.45, 7) is 5.27. The van der Waals surface area contributed by atoms with Crippen LogP contribution >= 0.6 is 23.2 Å². The molecule has 0 bridgehead atoms. The molecule has 5 aromatic rings. The quantitative estimate of drug-likeness (QED) is 0.0472. The van der Waals surface area contributed by atoms with Gasteiger partial charge in [0.2, 0.25) is 5.43 Å². The van der Waals surface area contributed by atoms with Gasteiger partial charge in [-0.2, -0.15) is 0 Å². The van der Waals surface area contributed by atoms with Crippen LogP contribution in [-0.2, 0) is 23.8 Å². The van der Waals surface area contributed by atoms with Gasteiger partial charge in [-0.25, -0.2) is 23.2 Å². The van der Waals surface area contributed by atoms with Crippen molar-refractivity contribution in [3.05, 3.63) is 146 Å². The van der Waals surface area contributed by atoms with Crippen molar-refractivity contribution in [3.63, 3.8) is 0 Å². The molecule has 2 N–H and O–H groups in total. The number of aromatic nitrogens is 1. The Labute approximate surface area is 307 Å². The van der Waals surface area contributed by atoms with Gasteiger partial charge in [-0.3, -0.25) is 4.79 Å². The van der Waals surface area contributed by atoms with Crippen molar-refractivity contribution in [1.29, 1.82) is 0 Å². The van der Waals surface area contributed by atoms with Gasteiger partial charge in [0.1, 0.15) is 28.7 Å². The van der Waals surface area contributed by atoms with Crippen LogP contribution in [0.1, 0.15) is 31.1 Å². The number of fused-ring (bicyclic) bond motifs is 1. The smallest absolute Gasteiger partial charge is 0.347 e. The number of para-hydroxylation sites is 2. The normalized spacial score (nSPS) is 9.98. The maximum Gasteiger partial charge on any atom is 0.347 e. The predicted octanol–water partition coefficient (Wildman–Crippen LogP) is 8.88. The van der Waals surface area contributed by atoms with Crippen LogP contribution in [0, 0.1) is 11.6 Å². The molecule has 0 spiro atoms. The van der Waals surface area contributed by atoms with Crippen LogP contribution in [0.3, 0.4) is 0 Å². The van der Waals surface area contributed by atoms with Crippen LogP contribution in [-0.4, -0.2) is 42.7 Å². The van der Waals surface area contributed by atoms with Crippen molar-refractivity contribution in [2.24, 2.45) is 0 Å². The molecule has 1 aromatic heterocycles. The van der Waals surface area contributed by atoms with Crippen LogP contribution in [0.5, 0.6) is 11.5 Å². The standard InChI is InChI=1S/C14H15ClFNO4.C12H9ClFNO3.C12H10O/c1-3-20-13(18)10(14(19)21-4-2)8-17-9-5-6-12(16)11(15)7-9;1-2-18-12(17)7-5-15-10-4-8(13)9(14)3-6(10)11(7)16;1-3-7-11(8-4-1)13-12-9-5-2-6-10-12/h5-8,17H,3-4H2,1-2H3;3-5H,2H2,1H3,(H,15,16);1-10H. The topological polar surface area (TPSA) is 133 Å². The number of esters is 3. The zero-order valence-electron chi connectivity index (χ0n) is 28.2. The number of nitrogens with one attached hydrogen (secondary N) is 2. The highest BCUT2D eigenvalue weighted by Crippen LogP contribution is 2.22. The van der Waals surface area contributed by atoms with Gasteiger partial charge >= 0.3 is 17.9 Å². The number of rotatable bonds is 10. The number of carbonyl (C=O) groups is 3. The van der Waals surface area contributed by atoms with Crippen LogP contribution in [0.15, 0.2) is 114 Å². The Morgan fingerprint density at radius 2 is 1.27 bits per heavy atom. The van der Waals surface area contributed by atoms with E-state index in [9.17, 15) is 28.0 Å². The summed E-state index contributed by atoms with van der Waals surface area (Å²) in [5.74, 6) is -1.90. The number of ether oxygens (including phenoxy) is 4. The molecule has 0 aliphatic rings. The van der Waals surface area contributed by atoms with Gasteiger partial charge in [0.25, 0.3) is 0 Å². The summed E-state index contributed by atoms with van der Waals surface area (Å²) in [6.07, 6.45) is 2.37. The minimum Gasteiger partial charge on any atom is -0.462 e. The van der Waals surface area contributed by atoms with E-state index in [0.717, 1.165) is 29.8 Å². The van der Waals surface area contributed by atoms with E-state index in [-0.39, 0.29) is 46.4 Å². The Balaban J connectivity index is 0.000000215. The van der Waals surface area contributed by atoms with Crippen molar-refractivity contribution in [3.8, 4) is 11.5 Å². The lowest BCUT2D eigenvalue weighted by atomic mass is 10.1. The Kier molecular flexibility index (Phi) is 16.3. The lowest BCUT2D eigenvalue weighted by molar-refractivity contribution is -0.146. The first-order valence-corrected chi connectivity index (χ1v) is 16.5. The molecule has 1 heterocycles. The van der Waals surface area contributed by atoms with Crippen molar-refractivity contribution < 1.29 is 42.1 Å². The lowest BCUT2D eigenvalue weighted by Gasteiger charge is -2.08. The predicted molar refractivity (Wildman–Crippen MR) is 195 cm³/mol. The zero-order chi connectivity index (χ0) is 38.0. The number of pyridine rings is 1. The monoisotopic (exact) mass is 754 g/mol. The van der Waals surface area contributed by atoms with Gasteiger partial charge in [0, 0.05) is 23.5 Å². The first kappa shape index (κ1) is 40.7. The highest BCUT2D eigenvalue weighted by Gasteiger charge is 2.21. The second-order valence-corrected chi connectivity index (χ2v) is 10.9. The van der Waals surface area contributed by atoms with Crippen molar-refractivity contribution in [2.75, 3.05) is 25.1 Å². The first-order valence-electron chi connectivity index (χ1n) is 15.7. The maximum absolute atomic E-state index is 13.3. The zero-order valence-corrected chi connectivity index (χ0v) is 29.7. The Morgan fingerprint density at radius 1 is 0.731 bits per heavy atom. The third-order valence-corrected chi connectivity index (χ3v) is 7.01. The highest BCUT2D eigenvalue weighted by atomic mass is 35.5. The van der Waals surface area contributed by atoms with E-state index in [1.54, 1.807) is 20.8 Å². The average Bonchev–Trinajstić information content (AvgIpc) is 3.13. The number of aromatic amines is 1. The minimum absolute atomic E-state index is 0.0578. The molecule has 0 fully saturated rings. The molecule has 0 radical (unpaired) electrons. The second-order valence-electron chi connectivity index (χ2n) is 10.1. The summed E-state index contributed by atoms with van der Waals surface area (Å²) >= 11 is 11.2. The second kappa shape index (κ2) is 20.8. The fraction of sp³-hybridized carbons (Fsp3) is 0.158. The number of hydrogen-bond donors (Lipinski definition) is 2. The summed E-state index contributed by atoms with van der Waals surface area (Å²) in [5, 5.41) is 2.56. The lowest BCUT2D eigenvalue weighted by Crippen LogP contribution is -2.19. The van der Waals surface area contributed by atoms with E-state index < -0.39 is 35.0 Å². The third kappa shape index (κ3) is 12.3. The average molecular weight is 756 g/mol. The van der Waals surface area contributed by atoms with Crippen molar-refractivity contribution in [1.82, 2.24) is 4.98 Å². The molecule has 0 aliphatic heterocycles. The van der Waals surface area contributed by atoms with Gasteiger partial charge < -0.3 is 29.2 Å². The molecule has 52 heavy (non-hydrogen) atoms. The summed E-state index contributed by atoms with van der Waals surface area (Å²) in [6, 6.07) is 25.7. The van der Waals surface area contributed by atoms with Crippen molar-refractivity contribution >= 4 is 57.7 Å². The van der Waals surface area contributed by atoms with E-state index in [1.807, 2.05) is 60.7 Å². The number of benzene rings is 4. The SMILES string of the molecule is CCOC(=O)C(=CNc1ccc(F)c(Cl)c1)C(=O)OCC.CCOC(=O)c1c[nH]c2cc(Cl)c(F)cc2c1=O.c1ccc(Oc2ccccc2)cc1. The molecule has 0 saturated heterocycles. The summed E-state index contributed by atoms with van der Waals surface area (Å²) in [4.78, 5) is 49.6. The van der Waals surface area contributed by atoms with Gasteiger partial charge in [0.05, 0.1) is 35.4 Å². The van der Waals surface area contributed by atoms with E-state index in [0.29, 0.717) is 11.2 Å². The Morgan fingerprint density at radius 3 is 1.79 bits per heavy atom. The molecule has 10 nitrogen and oxygen atoms in total.